The van der Waals surface area contributed by atoms with Gasteiger partial charge in [0.25, 0.3) is 10.0 Å². The van der Waals surface area contributed by atoms with Gasteiger partial charge in [-0.1, -0.05) is 56.2 Å². The number of hydrogen-bond acceptors (Lipinski definition) is 6. The van der Waals surface area contributed by atoms with E-state index >= 15 is 0 Å². The molecule has 0 aliphatic carbocycles. The first kappa shape index (κ1) is 24.4. The van der Waals surface area contributed by atoms with Crippen LogP contribution in [0.15, 0.2) is 58.4 Å². The number of ether oxygens (including phenoxy) is 1. The molecule has 2 N–H and O–H groups in total. The van der Waals surface area contributed by atoms with Crippen molar-refractivity contribution >= 4 is 21.8 Å². The molecule has 34 heavy (non-hydrogen) atoms. The Balaban J connectivity index is 1.48. The van der Waals surface area contributed by atoms with Gasteiger partial charge in [0.05, 0.1) is 18.1 Å². The predicted octanol–water partition coefficient (Wildman–Crippen LogP) is 2.43. The molecule has 1 saturated heterocycles. The number of rotatable bonds is 9. The smallest absolute Gasteiger partial charge is 0.263 e. The fourth-order valence-electron chi connectivity index (χ4n) is 4.22. The molecule has 2 heterocycles. The Kier molecular flexibility index (Phi) is 7.97. The highest BCUT2D eigenvalue weighted by Gasteiger charge is 2.31. The van der Waals surface area contributed by atoms with Crippen LogP contribution in [0.5, 0.6) is 0 Å². The minimum atomic E-state index is -3.65. The standard InChI is InChI=1S/C25H32N4O4S/c1-2-3-11-22(27-24-21-10-6-7-12-23(21)34(31,32)28-24)25(30)26-17-19-8-4-5-9-20(19)18-29-13-15-33-16-14-29/h4-10,12,22H,2-3,11,13-18H2,1H3,(H,26,30)(H,27,28). The van der Waals surface area contributed by atoms with E-state index in [1.54, 1.807) is 24.3 Å². The number of nitrogens with one attached hydrogen (secondary N) is 2. The first-order valence-electron chi connectivity index (χ1n) is 11.8. The van der Waals surface area contributed by atoms with Gasteiger partial charge in [-0.05, 0) is 29.7 Å². The summed E-state index contributed by atoms with van der Waals surface area (Å²) in [4.78, 5) is 20.3. The van der Waals surface area contributed by atoms with Crippen LogP contribution in [0.25, 0.3) is 0 Å². The first-order chi connectivity index (χ1) is 16.5. The average Bonchev–Trinajstić information content (AvgIpc) is 3.11. The minimum Gasteiger partial charge on any atom is -0.379 e. The Morgan fingerprint density at radius 1 is 1.12 bits per heavy atom. The van der Waals surface area contributed by atoms with Crippen LogP contribution in [0.4, 0.5) is 0 Å². The number of sulfonamides is 1. The average molecular weight is 485 g/mol. The monoisotopic (exact) mass is 484 g/mol. The van der Waals surface area contributed by atoms with Crippen molar-refractivity contribution in [3.63, 3.8) is 0 Å². The Morgan fingerprint density at radius 3 is 2.59 bits per heavy atom. The maximum absolute atomic E-state index is 13.2. The number of benzene rings is 2. The molecule has 0 spiro atoms. The first-order valence-corrected chi connectivity index (χ1v) is 13.3. The van der Waals surface area contributed by atoms with Crippen molar-refractivity contribution in [3.05, 3.63) is 65.2 Å². The number of fused-ring (bicyclic) bond motifs is 1. The maximum atomic E-state index is 13.2. The van der Waals surface area contributed by atoms with Crippen molar-refractivity contribution in [3.8, 4) is 0 Å². The second-order valence-electron chi connectivity index (χ2n) is 8.61. The van der Waals surface area contributed by atoms with Crippen LogP contribution in [-0.4, -0.2) is 57.4 Å². The second kappa shape index (κ2) is 11.1. The molecule has 2 aromatic rings. The van der Waals surface area contributed by atoms with E-state index in [1.165, 1.54) is 5.56 Å². The summed E-state index contributed by atoms with van der Waals surface area (Å²) in [5.74, 6) is 0.0327. The number of amidine groups is 1. The van der Waals surface area contributed by atoms with Crippen molar-refractivity contribution < 1.29 is 17.9 Å². The number of unbranched alkanes of at least 4 members (excludes halogenated alkanes) is 1. The van der Waals surface area contributed by atoms with Gasteiger partial charge in [-0.2, -0.15) is 0 Å². The van der Waals surface area contributed by atoms with E-state index in [2.05, 4.69) is 32.9 Å². The summed E-state index contributed by atoms with van der Waals surface area (Å²) in [7, 11) is -3.65. The van der Waals surface area contributed by atoms with Crippen molar-refractivity contribution in [2.24, 2.45) is 4.99 Å². The van der Waals surface area contributed by atoms with E-state index in [4.69, 9.17) is 4.74 Å². The van der Waals surface area contributed by atoms with E-state index < -0.39 is 16.1 Å². The Morgan fingerprint density at radius 2 is 1.82 bits per heavy atom. The third-order valence-electron chi connectivity index (χ3n) is 6.15. The summed E-state index contributed by atoms with van der Waals surface area (Å²) >= 11 is 0. The van der Waals surface area contributed by atoms with Crippen LogP contribution in [0.1, 0.15) is 42.9 Å². The van der Waals surface area contributed by atoms with Crippen LogP contribution < -0.4 is 10.0 Å². The van der Waals surface area contributed by atoms with Crippen LogP contribution in [0, 0.1) is 0 Å². The quantitative estimate of drug-likeness (QED) is 0.570. The zero-order valence-electron chi connectivity index (χ0n) is 19.5. The molecule has 2 aliphatic rings. The van der Waals surface area contributed by atoms with Crippen molar-refractivity contribution in [1.29, 1.82) is 0 Å². The van der Waals surface area contributed by atoms with Gasteiger partial charge in [0.15, 0.2) is 0 Å². The third kappa shape index (κ3) is 5.84. The van der Waals surface area contributed by atoms with Gasteiger partial charge in [0, 0.05) is 31.7 Å². The van der Waals surface area contributed by atoms with Crippen LogP contribution >= 0.6 is 0 Å². The fourth-order valence-corrected chi connectivity index (χ4v) is 5.46. The van der Waals surface area contributed by atoms with Gasteiger partial charge in [-0.15, -0.1) is 0 Å². The lowest BCUT2D eigenvalue weighted by molar-refractivity contribution is -0.122. The Bertz CT molecular complexity index is 1140. The molecule has 1 fully saturated rings. The van der Waals surface area contributed by atoms with Gasteiger partial charge < -0.3 is 10.1 Å². The number of amides is 1. The normalized spacial score (nSPS) is 19.4. The van der Waals surface area contributed by atoms with Gasteiger partial charge in [0.1, 0.15) is 11.9 Å². The molecule has 8 nitrogen and oxygen atoms in total. The van der Waals surface area contributed by atoms with E-state index in [1.807, 2.05) is 18.2 Å². The number of morpholine rings is 1. The number of aliphatic imine (C=N–C) groups is 1. The summed E-state index contributed by atoms with van der Waals surface area (Å²) in [6.07, 6.45) is 2.28. The van der Waals surface area contributed by atoms with Gasteiger partial charge in [0.2, 0.25) is 5.91 Å². The molecule has 1 atom stereocenters. The molecule has 4 rings (SSSR count). The highest BCUT2D eigenvalue weighted by molar-refractivity contribution is 7.90. The molecule has 9 heteroatoms. The van der Waals surface area contributed by atoms with Crippen molar-refractivity contribution in [2.45, 2.75) is 50.2 Å². The molecule has 2 aromatic carbocycles. The Labute approximate surface area is 201 Å². The second-order valence-corrected chi connectivity index (χ2v) is 10.3. The lowest BCUT2D eigenvalue weighted by atomic mass is 10.1. The molecular formula is C25H32N4O4S. The molecule has 182 valence electrons. The third-order valence-corrected chi connectivity index (χ3v) is 7.55. The van der Waals surface area contributed by atoms with E-state index in [-0.39, 0.29) is 16.6 Å². The molecule has 0 bridgehead atoms. The van der Waals surface area contributed by atoms with Gasteiger partial charge in [-0.3, -0.25) is 19.4 Å². The minimum absolute atomic E-state index is 0.195. The summed E-state index contributed by atoms with van der Waals surface area (Å²) in [5, 5.41) is 3.04. The lowest BCUT2D eigenvalue weighted by Gasteiger charge is -2.27. The van der Waals surface area contributed by atoms with Crippen molar-refractivity contribution in [1.82, 2.24) is 14.9 Å². The number of carbonyl (C=O) groups is 1. The zero-order chi connectivity index (χ0) is 24.0. The van der Waals surface area contributed by atoms with Gasteiger partial charge >= 0.3 is 0 Å². The van der Waals surface area contributed by atoms with E-state index in [0.29, 0.717) is 18.5 Å². The van der Waals surface area contributed by atoms with Crippen molar-refractivity contribution in [2.75, 3.05) is 26.3 Å². The summed E-state index contributed by atoms with van der Waals surface area (Å²) < 4.78 is 32.8. The summed E-state index contributed by atoms with van der Waals surface area (Å²) in [6.45, 7) is 6.54. The van der Waals surface area contributed by atoms with Gasteiger partial charge in [-0.25, -0.2) is 8.42 Å². The predicted molar refractivity (Wildman–Crippen MR) is 131 cm³/mol. The fraction of sp³-hybridized carbons (Fsp3) is 0.440. The highest BCUT2D eigenvalue weighted by atomic mass is 32.2. The Hall–Kier alpha value is -2.75. The van der Waals surface area contributed by atoms with E-state index in [0.717, 1.165) is 51.3 Å². The zero-order valence-corrected chi connectivity index (χ0v) is 20.3. The number of carbonyl (C=O) groups excluding carboxylic acids is 1. The lowest BCUT2D eigenvalue weighted by Crippen LogP contribution is -2.37. The van der Waals surface area contributed by atoms with Crippen LogP contribution in [0.2, 0.25) is 0 Å². The SMILES string of the molecule is CCCCC(N=C1NS(=O)(=O)c2ccccc21)C(=O)NCc1ccccc1CN1CCOCC1. The summed E-state index contributed by atoms with van der Waals surface area (Å²) in [5.41, 5.74) is 2.75. The largest absolute Gasteiger partial charge is 0.379 e. The topological polar surface area (TPSA) is 100 Å². The number of hydrogen-bond donors (Lipinski definition) is 2. The van der Waals surface area contributed by atoms with Crippen LogP contribution in [0.3, 0.4) is 0 Å². The molecule has 1 unspecified atom stereocenters. The number of nitrogens with zero attached hydrogens (tertiary/aromatic N) is 2. The molecule has 0 radical (unpaired) electrons. The molecule has 0 saturated carbocycles. The molecule has 2 aliphatic heterocycles. The molecular weight excluding hydrogens is 452 g/mol. The summed E-state index contributed by atoms with van der Waals surface area (Å²) in [6, 6.07) is 14.1. The molecule has 1 amide bonds. The maximum Gasteiger partial charge on any atom is 0.263 e. The van der Waals surface area contributed by atoms with Crippen LogP contribution in [-0.2, 0) is 32.6 Å². The molecule has 0 aromatic heterocycles. The van der Waals surface area contributed by atoms with E-state index in [9.17, 15) is 13.2 Å². The highest BCUT2D eigenvalue weighted by Crippen LogP contribution is 2.23.